The summed E-state index contributed by atoms with van der Waals surface area (Å²) >= 11 is 1.72. The van der Waals surface area contributed by atoms with Crippen LogP contribution >= 0.6 is 11.8 Å². The first-order chi connectivity index (χ1) is 12.5. The molecule has 0 fully saturated rings. The first kappa shape index (κ1) is 16.8. The Morgan fingerprint density at radius 3 is 2.73 bits per heavy atom. The molecule has 4 rings (SSSR count). The van der Waals surface area contributed by atoms with Gasteiger partial charge in [-0.05, 0) is 36.8 Å². The van der Waals surface area contributed by atoms with Crippen molar-refractivity contribution in [3.8, 4) is 5.69 Å². The van der Waals surface area contributed by atoms with Gasteiger partial charge in [-0.25, -0.2) is 13.5 Å². The van der Waals surface area contributed by atoms with Gasteiger partial charge in [-0.3, -0.25) is 4.79 Å². The molecule has 0 saturated carbocycles. The third-order valence-corrected chi connectivity index (χ3v) is 5.28. The van der Waals surface area contributed by atoms with Gasteiger partial charge >= 0.3 is 0 Å². The van der Waals surface area contributed by atoms with E-state index < -0.39 is 17.5 Å². The average Bonchev–Trinajstić information content (AvgIpc) is 3.20. The number of hydrogen-bond donors (Lipinski definition) is 1. The lowest BCUT2D eigenvalue weighted by Crippen LogP contribution is -2.17. The molecule has 0 atom stereocenters. The smallest absolute Gasteiger partial charge is 0.256 e. The fourth-order valence-corrected chi connectivity index (χ4v) is 3.97. The first-order valence-corrected chi connectivity index (χ1v) is 9.21. The number of fused-ring (bicyclic) bond motifs is 1. The predicted octanol–water partition coefficient (Wildman–Crippen LogP) is 4.46. The number of halogens is 2. The summed E-state index contributed by atoms with van der Waals surface area (Å²) in [6.07, 6.45) is 0. The van der Waals surface area contributed by atoms with Crippen LogP contribution in [0, 0.1) is 18.6 Å². The Balaban J connectivity index is 1.75. The Bertz CT molecular complexity index is 1020. The van der Waals surface area contributed by atoms with Crippen LogP contribution in [-0.2, 0) is 11.5 Å². The Labute approximate surface area is 153 Å². The third kappa shape index (κ3) is 2.88. The number of nitrogens with one attached hydrogen (secondary N) is 1. The van der Waals surface area contributed by atoms with Gasteiger partial charge in [0.1, 0.15) is 5.82 Å². The molecule has 1 aliphatic heterocycles. The van der Waals surface area contributed by atoms with E-state index in [0.29, 0.717) is 5.82 Å². The zero-order valence-electron chi connectivity index (χ0n) is 13.9. The van der Waals surface area contributed by atoms with Crippen LogP contribution < -0.4 is 5.32 Å². The van der Waals surface area contributed by atoms with E-state index in [1.807, 2.05) is 31.2 Å². The van der Waals surface area contributed by atoms with Crippen LogP contribution in [0.3, 0.4) is 0 Å². The van der Waals surface area contributed by atoms with E-state index in [-0.39, 0.29) is 5.56 Å². The van der Waals surface area contributed by atoms with E-state index in [1.165, 1.54) is 6.07 Å². The number of anilines is 1. The molecule has 1 aromatic heterocycles. The van der Waals surface area contributed by atoms with Gasteiger partial charge in [0.25, 0.3) is 5.91 Å². The van der Waals surface area contributed by atoms with E-state index in [9.17, 15) is 13.6 Å². The molecule has 0 bridgehead atoms. The molecule has 1 amide bonds. The van der Waals surface area contributed by atoms with Gasteiger partial charge in [0.2, 0.25) is 0 Å². The predicted molar refractivity (Wildman–Crippen MR) is 97.6 cm³/mol. The number of aromatic nitrogens is 2. The van der Waals surface area contributed by atoms with Crippen molar-refractivity contribution in [1.82, 2.24) is 9.78 Å². The second kappa shape index (κ2) is 6.57. The maximum absolute atomic E-state index is 13.5. The summed E-state index contributed by atoms with van der Waals surface area (Å²) < 4.78 is 28.3. The van der Waals surface area contributed by atoms with E-state index in [1.54, 1.807) is 16.4 Å². The number of aryl methyl sites for hydroxylation is 1. The Kier molecular flexibility index (Phi) is 4.24. The lowest BCUT2D eigenvalue weighted by atomic mass is 10.2. The van der Waals surface area contributed by atoms with Crippen molar-refractivity contribution in [2.45, 2.75) is 18.4 Å². The molecule has 0 radical (unpaired) electrons. The number of carbonyl (C=O) groups excluding carboxylic acids is 1. The van der Waals surface area contributed by atoms with E-state index >= 15 is 0 Å². The second-order valence-electron chi connectivity index (χ2n) is 6.05. The molecule has 2 aromatic carbocycles. The topological polar surface area (TPSA) is 46.9 Å². The number of rotatable bonds is 3. The van der Waals surface area contributed by atoms with Gasteiger partial charge in [-0.2, -0.15) is 16.9 Å². The highest BCUT2D eigenvalue weighted by Gasteiger charge is 2.25. The summed E-state index contributed by atoms with van der Waals surface area (Å²) in [7, 11) is 0. The number of thioether (sulfide) groups is 1. The second-order valence-corrected chi connectivity index (χ2v) is 7.03. The number of nitrogens with zero attached hydrogens (tertiary/aromatic N) is 2. The zero-order valence-corrected chi connectivity index (χ0v) is 14.7. The Morgan fingerprint density at radius 2 is 1.96 bits per heavy atom. The number of hydrogen-bond acceptors (Lipinski definition) is 3. The van der Waals surface area contributed by atoms with Gasteiger partial charge in [0.05, 0.1) is 11.4 Å². The fourth-order valence-electron chi connectivity index (χ4n) is 2.93. The van der Waals surface area contributed by atoms with Crippen LogP contribution in [0.25, 0.3) is 5.69 Å². The van der Waals surface area contributed by atoms with Crippen LogP contribution in [0.4, 0.5) is 14.6 Å². The summed E-state index contributed by atoms with van der Waals surface area (Å²) in [5.41, 5.74) is 3.84. The minimum Gasteiger partial charge on any atom is -0.306 e. The normalized spacial score (nSPS) is 12.9. The summed E-state index contributed by atoms with van der Waals surface area (Å²) in [5.74, 6) is -0.432. The third-order valence-electron chi connectivity index (χ3n) is 4.31. The minimum atomic E-state index is -1.05. The first-order valence-electron chi connectivity index (χ1n) is 8.05. The molecule has 7 heteroatoms. The monoisotopic (exact) mass is 371 g/mol. The highest BCUT2D eigenvalue weighted by atomic mass is 32.2. The van der Waals surface area contributed by atoms with E-state index in [2.05, 4.69) is 10.4 Å². The average molecular weight is 371 g/mol. The molecule has 0 saturated heterocycles. The lowest BCUT2D eigenvalue weighted by molar-refractivity contribution is 0.102. The van der Waals surface area contributed by atoms with Crippen LogP contribution in [0.1, 0.15) is 27.2 Å². The highest BCUT2D eigenvalue weighted by molar-refractivity contribution is 7.98. The lowest BCUT2D eigenvalue weighted by Gasteiger charge is -2.13. The van der Waals surface area contributed by atoms with Crippen LogP contribution in [-0.4, -0.2) is 15.7 Å². The van der Waals surface area contributed by atoms with Crippen molar-refractivity contribution in [2.75, 3.05) is 5.32 Å². The highest BCUT2D eigenvalue weighted by Crippen LogP contribution is 2.36. The van der Waals surface area contributed by atoms with Crippen LogP contribution in [0.2, 0.25) is 0 Å². The van der Waals surface area contributed by atoms with Crippen molar-refractivity contribution < 1.29 is 13.6 Å². The molecule has 2 heterocycles. The Morgan fingerprint density at radius 1 is 1.15 bits per heavy atom. The van der Waals surface area contributed by atoms with Gasteiger partial charge in [0.15, 0.2) is 11.6 Å². The fraction of sp³-hybridized carbons (Fsp3) is 0.158. The van der Waals surface area contributed by atoms with Crippen molar-refractivity contribution in [1.29, 1.82) is 0 Å². The number of carbonyl (C=O) groups is 1. The van der Waals surface area contributed by atoms with Gasteiger partial charge in [-0.15, -0.1) is 0 Å². The molecule has 1 N–H and O–H groups in total. The SMILES string of the molecule is Cc1ccccc1-n1nc2c(c1NC(=O)c1ccc(F)c(F)c1)CSC2. The van der Waals surface area contributed by atoms with E-state index in [0.717, 1.165) is 46.1 Å². The van der Waals surface area contributed by atoms with Crippen LogP contribution in [0.15, 0.2) is 42.5 Å². The summed E-state index contributed by atoms with van der Waals surface area (Å²) in [5, 5.41) is 7.49. The molecule has 26 heavy (non-hydrogen) atoms. The standard InChI is InChI=1S/C19H15F2N3OS/c1-11-4-2-3-5-17(11)24-18(13-9-26-10-16(13)23-24)22-19(25)12-6-7-14(20)15(21)8-12/h2-8H,9-10H2,1H3,(H,22,25). The van der Waals surface area contributed by atoms with Gasteiger partial charge in [-0.1, -0.05) is 18.2 Å². The Hall–Kier alpha value is -2.67. The largest absolute Gasteiger partial charge is 0.306 e. The molecule has 132 valence electrons. The zero-order chi connectivity index (χ0) is 18.3. The minimum absolute atomic E-state index is 0.0563. The van der Waals surface area contributed by atoms with Crippen LogP contribution in [0.5, 0.6) is 0 Å². The summed E-state index contributed by atoms with van der Waals surface area (Å²) in [4.78, 5) is 12.6. The number of benzene rings is 2. The van der Waals surface area contributed by atoms with Crippen molar-refractivity contribution in [3.63, 3.8) is 0 Å². The van der Waals surface area contributed by atoms with E-state index in [4.69, 9.17) is 0 Å². The quantitative estimate of drug-likeness (QED) is 0.740. The molecular weight excluding hydrogens is 356 g/mol. The molecule has 4 nitrogen and oxygen atoms in total. The van der Waals surface area contributed by atoms with Gasteiger partial charge < -0.3 is 5.32 Å². The maximum atomic E-state index is 13.5. The van der Waals surface area contributed by atoms with Crippen molar-refractivity contribution >= 4 is 23.5 Å². The van der Waals surface area contributed by atoms with Crippen molar-refractivity contribution in [2.24, 2.45) is 0 Å². The number of amides is 1. The molecule has 1 aliphatic rings. The molecule has 3 aromatic rings. The molecule has 0 aliphatic carbocycles. The maximum Gasteiger partial charge on any atom is 0.256 e. The molecule has 0 spiro atoms. The summed E-state index contributed by atoms with van der Waals surface area (Å²) in [6.45, 7) is 1.97. The molecular formula is C19H15F2N3OS. The van der Waals surface area contributed by atoms with Gasteiger partial charge in [0, 0.05) is 22.6 Å². The number of para-hydroxylation sites is 1. The van der Waals surface area contributed by atoms with Crippen molar-refractivity contribution in [3.05, 3.63) is 76.5 Å². The summed E-state index contributed by atoms with van der Waals surface area (Å²) in [6, 6.07) is 10.8. The molecule has 0 unspecified atom stereocenters.